The lowest BCUT2D eigenvalue weighted by atomic mass is 10.0. The standard InChI is InChI=1S/C40H43N7O5/c1-3-17-45(18-4-2)40(52)29-20-27-10-11-28(22-34(27)44-35(41)23-29)39(51)43-31-21-30-25-46(19-16-33(30)42-24-31)36(48)7-5-6-26-8-12-32(13-9-26)47-37(49)14-15-38(47)50/h8-15,20-22,24H,3-7,16-19,23,25H2,1-2H3,(H2,41,44)(H,43,51). The zero-order chi connectivity index (χ0) is 36.8. The molecular formula is C40H43N7O5. The van der Waals surface area contributed by atoms with Gasteiger partial charge in [0.25, 0.3) is 17.7 Å². The summed E-state index contributed by atoms with van der Waals surface area (Å²) in [5.74, 6) is -0.745. The van der Waals surface area contributed by atoms with Gasteiger partial charge in [0, 0.05) is 80.0 Å². The van der Waals surface area contributed by atoms with Crippen LogP contribution < -0.4 is 16.0 Å². The van der Waals surface area contributed by atoms with Crippen LogP contribution >= 0.6 is 0 Å². The molecule has 0 bridgehead atoms. The fourth-order valence-corrected chi connectivity index (χ4v) is 6.71. The molecule has 12 nitrogen and oxygen atoms in total. The van der Waals surface area contributed by atoms with E-state index in [0.29, 0.717) is 85.9 Å². The SMILES string of the molecule is CCCN(CCC)C(=O)C1=Cc2ccc(C(=O)Nc3cnc4c(c3)CN(C(=O)CCCc3ccc(N5C(=O)C=CC5=O)cc3)CC4)cc2N=C(N)C1. The molecule has 1 aromatic heterocycles. The van der Waals surface area contributed by atoms with Crippen molar-refractivity contribution in [3.63, 3.8) is 0 Å². The van der Waals surface area contributed by atoms with E-state index < -0.39 is 0 Å². The number of aromatic nitrogens is 1. The van der Waals surface area contributed by atoms with Gasteiger partial charge in [-0.25, -0.2) is 9.89 Å². The lowest BCUT2D eigenvalue weighted by molar-refractivity contribution is -0.132. The fraction of sp³-hybridized carbons (Fsp3) is 0.325. The van der Waals surface area contributed by atoms with Gasteiger partial charge in [0.15, 0.2) is 0 Å². The van der Waals surface area contributed by atoms with Crippen LogP contribution in [0.5, 0.6) is 0 Å². The van der Waals surface area contributed by atoms with E-state index >= 15 is 0 Å². The monoisotopic (exact) mass is 701 g/mol. The predicted octanol–water partition coefficient (Wildman–Crippen LogP) is 5.10. The third-order valence-electron chi connectivity index (χ3n) is 9.32. The first-order valence-electron chi connectivity index (χ1n) is 17.8. The molecule has 268 valence electrons. The van der Waals surface area contributed by atoms with Gasteiger partial charge in [-0.2, -0.15) is 0 Å². The summed E-state index contributed by atoms with van der Waals surface area (Å²) in [4.78, 5) is 77.6. The minimum absolute atomic E-state index is 0.0446. The largest absolute Gasteiger partial charge is 0.387 e. The fourth-order valence-electron chi connectivity index (χ4n) is 6.71. The van der Waals surface area contributed by atoms with Crippen LogP contribution in [0, 0.1) is 0 Å². The summed E-state index contributed by atoms with van der Waals surface area (Å²) in [7, 11) is 0. The number of aryl methyl sites for hydroxylation is 1. The number of imide groups is 1. The summed E-state index contributed by atoms with van der Waals surface area (Å²) >= 11 is 0. The van der Waals surface area contributed by atoms with Crippen LogP contribution in [-0.4, -0.2) is 69.8 Å². The summed E-state index contributed by atoms with van der Waals surface area (Å²) in [5.41, 5.74) is 12.3. The van der Waals surface area contributed by atoms with E-state index in [0.717, 1.165) is 40.1 Å². The van der Waals surface area contributed by atoms with Gasteiger partial charge in [-0.05, 0) is 73.2 Å². The van der Waals surface area contributed by atoms with Gasteiger partial charge >= 0.3 is 0 Å². The second-order valence-electron chi connectivity index (χ2n) is 13.2. The number of carbonyl (C=O) groups excluding carboxylic acids is 5. The van der Waals surface area contributed by atoms with Gasteiger partial charge in [0.05, 0.1) is 23.3 Å². The van der Waals surface area contributed by atoms with Crippen LogP contribution in [0.15, 0.2) is 77.4 Å². The maximum absolute atomic E-state index is 13.4. The second-order valence-corrected chi connectivity index (χ2v) is 13.2. The number of carbonyl (C=O) groups is 5. The number of nitrogens with two attached hydrogens (primary N) is 1. The Bertz CT molecular complexity index is 1980. The Kier molecular flexibility index (Phi) is 11.0. The number of amidine groups is 1. The molecule has 3 N–H and O–H groups in total. The van der Waals surface area contributed by atoms with Gasteiger partial charge in [-0.3, -0.25) is 29.0 Å². The summed E-state index contributed by atoms with van der Waals surface area (Å²) < 4.78 is 0. The summed E-state index contributed by atoms with van der Waals surface area (Å²) in [5, 5.41) is 2.93. The summed E-state index contributed by atoms with van der Waals surface area (Å²) in [6, 6.07) is 14.3. The third-order valence-corrected chi connectivity index (χ3v) is 9.32. The van der Waals surface area contributed by atoms with Crippen LogP contribution in [0.3, 0.4) is 0 Å². The van der Waals surface area contributed by atoms with Crippen LogP contribution in [0.25, 0.3) is 6.08 Å². The van der Waals surface area contributed by atoms with E-state index in [1.807, 2.05) is 47.9 Å². The van der Waals surface area contributed by atoms with E-state index in [1.165, 1.54) is 12.2 Å². The number of pyridine rings is 1. The number of nitrogens with zero attached hydrogens (tertiary/aromatic N) is 5. The first-order chi connectivity index (χ1) is 25.1. The maximum Gasteiger partial charge on any atom is 0.258 e. The second kappa shape index (κ2) is 16.0. The Morgan fingerprint density at radius 1 is 0.962 bits per heavy atom. The van der Waals surface area contributed by atoms with Crippen molar-refractivity contribution in [1.82, 2.24) is 14.8 Å². The minimum Gasteiger partial charge on any atom is -0.387 e. The van der Waals surface area contributed by atoms with Crippen molar-refractivity contribution in [2.45, 2.75) is 65.3 Å². The van der Waals surface area contributed by atoms with Crippen molar-refractivity contribution >= 4 is 58.5 Å². The Labute approximate surface area is 303 Å². The van der Waals surface area contributed by atoms with Crippen molar-refractivity contribution in [3.05, 3.63) is 100 Å². The molecule has 2 aromatic carbocycles. The number of aliphatic imine (C=N–C) groups is 1. The number of hydrogen-bond donors (Lipinski definition) is 2. The van der Waals surface area contributed by atoms with Crippen molar-refractivity contribution in [2.24, 2.45) is 10.7 Å². The zero-order valence-electron chi connectivity index (χ0n) is 29.6. The van der Waals surface area contributed by atoms with Gasteiger partial charge in [0.1, 0.15) is 5.84 Å². The third kappa shape index (κ3) is 8.17. The Hall–Kier alpha value is -5.91. The minimum atomic E-state index is -0.356. The highest BCUT2D eigenvalue weighted by atomic mass is 16.2. The highest BCUT2D eigenvalue weighted by Gasteiger charge is 2.26. The number of anilines is 2. The molecule has 6 rings (SSSR count). The lowest BCUT2D eigenvalue weighted by Crippen LogP contribution is -2.36. The van der Waals surface area contributed by atoms with Gasteiger partial charge in [0.2, 0.25) is 11.8 Å². The predicted molar refractivity (Wildman–Crippen MR) is 200 cm³/mol. The quantitative estimate of drug-likeness (QED) is 0.249. The molecule has 0 spiro atoms. The molecule has 3 aromatic rings. The molecule has 4 heterocycles. The van der Waals surface area contributed by atoms with Crippen molar-refractivity contribution in [1.29, 1.82) is 0 Å². The zero-order valence-corrected chi connectivity index (χ0v) is 29.6. The molecule has 0 aliphatic carbocycles. The molecule has 0 radical (unpaired) electrons. The van der Waals surface area contributed by atoms with Gasteiger partial charge < -0.3 is 20.9 Å². The van der Waals surface area contributed by atoms with E-state index in [4.69, 9.17) is 5.73 Å². The Morgan fingerprint density at radius 3 is 2.40 bits per heavy atom. The van der Waals surface area contributed by atoms with E-state index in [2.05, 4.69) is 15.3 Å². The van der Waals surface area contributed by atoms with Crippen LogP contribution in [0.1, 0.15) is 78.7 Å². The molecule has 52 heavy (non-hydrogen) atoms. The van der Waals surface area contributed by atoms with Crippen molar-refractivity contribution < 1.29 is 24.0 Å². The van der Waals surface area contributed by atoms with Crippen molar-refractivity contribution in [3.8, 4) is 0 Å². The summed E-state index contributed by atoms with van der Waals surface area (Å²) in [6.07, 6.45) is 10.2. The number of amides is 5. The van der Waals surface area contributed by atoms with Crippen molar-refractivity contribution in [2.75, 3.05) is 29.9 Å². The topological polar surface area (TPSA) is 158 Å². The average Bonchev–Trinajstić information content (AvgIpc) is 3.37. The Morgan fingerprint density at radius 2 is 1.69 bits per heavy atom. The first kappa shape index (κ1) is 35.9. The van der Waals surface area contributed by atoms with Crippen LogP contribution in [0.2, 0.25) is 0 Å². The number of benzene rings is 2. The smallest absolute Gasteiger partial charge is 0.258 e. The highest BCUT2D eigenvalue weighted by Crippen LogP contribution is 2.29. The molecule has 0 saturated carbocycles. The average molecular weight is 702 g/mol. The Balaban J connectivity index is 1.05. The molecule has 3 aliphatic heterocycles. The maximum atomic E-state index is 13.4. The number of rotatable bonds is 12. The van der Waals surface area contributed by atoms with E-state index in [-0.39, 0.29) is 36.0 Å². The molecule has 0 saturated heterocycles. The van der Waals surface area contributed by atoms with Crippen LogP contribution in [-0.2, 0) is 38.6 Å². The number of hydrogen-bond acceptors (Lipinski definition) is 8. The summed E-state index contributed by atoms with van der Waals surface area (Å²) in [6.45, 7) is 6.41. The van der Waals surface area contributed by atoms with E-state index in [1.54, 1.807) is 36.5 Å². The number of fused-ring (bicyclic) bond motifs is 2. The lowest BCUT2D eigenvalue weighted by Gasteiger charge is -2.28. The molecule has 3 aliphatic rings. The van der Waals surface area contributed by atoms with Crippen LogP contribution in [0.4, 0.5) is 17.1 Å². The molecular weight excluding hydrogens is 658 g/mol. The van der Waals surface area contributed by atoms with E-state index in [9.17, 15) is 24.0 Å². The highest BCUT2D eigenvalue weighted by molar-refractivity contribution is 6.28. The molecule has 5 amide bonds. The first-order valence-corrected chi connectivity index (χ1v) is 17.8. The van der Waals surface area contributed by atoms with Gasteiger partial charge in [-0.15, -0.1) is 0 Å². The molecule has 0 atom stereocenters. The normalized spacial score (nSPS) is 15.0. The molecule has 12 heteroatoms. The molecule has 0 unspecified atom stereocenters. The van der Waals surface area contributed by atoms with Gasteiger partial charge in [-0.1, -0.05) is 32.0 Å². The number of nitrogens with one attached hydrogen (secondary N) is 1. The molecule has 0 fully saturated rings.